The summed E-state index contributed by atoms with van der Waals surface area (Å²) in [4.78, 5) is 2.56. The van der Waals surface area contributed by atoms with E-state index in [9.17, 15) is 0 Å². The van der Waals surface area contributed by atoms with Crippen LogP contribution in [0.2, 0.25) is 0 Å². The van der Waals surface area contributed by atoms with Gasteiger partial charge in [0.25, 0.3) is 0 Å². The third-order valence-electron chi connectivity index (χ3n) is 4.00. The highest BCUT2D eigenvalue weighted by Gasteiger charge is 2.17. The van der Waals surface area contributed by atoms with Gasteiger partial charge in [-0.05, 0) is 24.0 Å². The van der Waals surface area contributed by atoms with Gasteiger partial charge in [-0.3, -0.25) is 4.90 Å². The third-order valence-corrected chi connectivity index (χ3v) is 4.00. The maximum absolute atomic E-state index is 2.56. The van der Waals surface area contributed by atoms with E-state index in [0.717, 1.165) is 13.1 Å². The highest BCUT2D eigenvalue weighted by atomic mass is 15.1. The first-order valence-corrected chi connectivity index (χ1v) is 7.48. The molecule has 1 nitrogen and oxygen atoms in total. The quantitative estimate of drug-likeness (QED) is 0.731. The molecule has 0 bridgehead atoms. The van der Waals surface area contributed by atoms with Crippen molar-refractivity contribution in [1.82, 2.24) is 4.90 Å². The van der Waals surface area contributed by atoms with Crippen molar-refractivity contribution in [1.29, 1.82) is 0 Å². The largest absolute Gasteiger partial charge is 0.292 e. The molecule has 1 heteroatoms. The fraction of sp³-hybridized carbons (Fsp3) is 0.368. The van der Waals surface area contributed by atoms with Gasteiger partial charge in [0.2, 0.25) is 0 Å². The Labute approximate surface area is 123 Å². The lowest BCUT2D eigenvalue weighted by molar-refractivity contribution is 0.151. The zero-order valence-electron chi connectivity index (χ0n) is 12.8. The molecule has 0 N–H and O–H groups in total. The van der Waals surface area contributed by atoms with E-state index in [4.69, 9.17) is 0 Å². The molecule has 0 aromatic heterocycles. The highest BCUT2D eigenvalue weighted by molar-refractivity contribution is 5.17. The molecular weight excluding hydrogens is 242 g/mol. The molecule has 0 spiro atoms. The normalized spacial score (nSPS) is 12.8. The molecule has 1 atom stereocenters. The van der Waals surface area contributed by atoms with Gasteiger partial charge in [0, 0.05) is 19.1 Å². The molecule has 0 aliphatic carbocycles. The van der Waals surface area contributed by atoms with Crippen molar-refractivity contribution in [3.63, 3.8) is 0 Å². The molecule has 0 saturated carbocycles. The third kappa shape index (κ3) is 4.21. The molecule has 0 radical (unpaired) electrons. The Morgan fingerprint density at radius 1 is 0.700 bits per heavy atom. The van der Waals surface area contributed by atoms with Crippen LogP contribution in [0, 0.1) is 5.92 Å². The minimum absolute atomic E-state index is 0.565. The molecular formula is C19H25N. The minimum atomic E-state index is 0.565. The number of hydrogen-bond acceptors (Lipinski definition) is 1. The second-order valence-electron chi connectivity index (χ2n) is 5.86. The van der Waals surface area contributed by atoms with Crippen LogP contribution in [0.25, 0.3) is 0 Å². The zero-order chi connectivity index (χ0) is 14.4. The van der Waals surface area contributed by atoms with Gasteiger partial charge in [0.1, 0.15) is 0 Å². The number of rotatable bonds is 6. The second kappa shape index (κ2) is 7.25. The average Bonchev–Trinajstić information content (AvgIpc) is 2.48. The maximum atomic E-state index is 2.56. The van der Waals surface area contributed by atoms with Crippen molar-refractivity contribution in [2.45, 2.75) is 39.9 Å². The molecule has 0 fully saturated rings. The van der Waals surface area contributed by atoms with Gasteiger partial charge < -0.3 is 0 Å². The lowest BCUT2D eigenvalue weighted by Crippen LogP contribution is -2.35. The standard InChI is InChI=1S/C19H25N/c1-16(2)17(3)20(14-18-10-6-4-7-11-18)15-19-12-8-5-9-13-19/h4-13,16-17H,14-15H2,1-3H3. The molecule has 0 aliphatic heterocycles. The van der Waals surface area contributed by atoms with E-state index in [2.05, 4.69) is 86.3 Å². The van der Waals surface area contributed by atoms with Crippen molar-refractivity contribution < 1.29 is 0 Å². The summed E-state index contributed by atoms with van der Waals surface area (Å²) in [6.07, 6.45) is 0. The molecule has 2 aromatic carbocycles. The first-order valence-electron chi connectivity index (χ1n) is 7.48. The van der Waals surface area contributed by atoms with Gasteiger partial charge in [-0.25, -0.2) is 0 Å². The molecule has 2 rings (SSSR count). The molecule has 20 heavy (non-hydrogen) atoms. The van der Waals surface area contributed by atoms with Crippen LogP contribution in [0.15, 0.2) is 60.7 Å². The van der Waals surface area contributed by atoms with Crippen molar-refractivity contribution in [2.24, 2.45) is 5.92 Å². The van der Waals surface area contributed by atoms with Crippen molar-refractivity contribution in [2.75, 3.05) is 0 Å². The van der Waals surface area contributed by atoms with Gasteiger partial charge in [0.05, 0.1) is 0 Å². The minimum Gasteiger partial charge on any atom is -0.292 e. The van der Waals surface area contributed by atoms with Crippen molar-refractivity contribution in [3.8, 4) is 0 Å². The molecule has 0 aliphatic rings. The molecule has 0 saturated heterocycles. The first-order chi connectivity index (χ1) is 9.66. The summed E-state index contributed by atoms with van der Waals surface area (Å²) in [7, 11) is 0. The fourth-order valence-corrected chi connectivity index (χ4v) is 2.40. The summed E-state index contributed by atoms with van der Waals surface area (Å²) in [5.74, 6) is 0.655. The van der Waals surface area contributed by atoms with Gasteiger partial charge in [-0.2, -0.15) is 0 Å². The monoisotopic (exact) mass is 267 g/mol. The SMILES string of the molecule is CC(C)C(C)N(Cc1ccccc1)Cc1ccccc1. The Hall–Kier alpha value is -1.60. The average molecular weight is 267 g/mol. The van der Waals surface area contributed by atoms with E-state index in [1.165, 1.54) is 11.1 Å². The van der Waals surface area contributed by atoms with E-state index < -0.39 is 0 Å². The zero-order valence-corrected chi connectivity index (χ0v) is 12.8. The Balaban J connectivity index is 2.12. The second-order valence-corrected chi connectivity index (χ2v) is 5.86. The molecule has 1 unspecified atom stereocenters. The smallest absolute Gasteiger partial charge is 0.0240 e. The van der Waals surface area contributed by atoms with Crippen LogP contribution in [0.3, 0.4) is 0 Å². The van der Waals surface area contributed by atoms with Gasteiger partial charge in [-0.1, -0.05) is 74.5 Å². The summed E-state index contributed by atoms with van der Waals surface area (Å²) < 4.78 is 0. The first kappa shape index (κ1) is 14.8. The van der Waals surface area contributed by atoms with E-state index in [1.807, 2.05) is 0 Å². The van der Waals surface area contributed by atoms with Crippen LogP contribution in [0.5, 0.6) is 0 Å². The van der Waals surface area contributed by atoms with E-state index in [1.54, 1.807) is 0 Å². The van der Waals surface area contributed by atoms with Crippen molar-refractivity contribution in [3.05, 3.63) is 71.8 Å². The lowest BCUT2D eigenvalue weighted by Gasteiger charge is -2.32. The highest BCUT2D eigenvalue weighted by Crippen LogP contribution is 2.17. The Kier molecular flexibility index (Phi) is 5.37. The Bertz CT molecular complexity index is 448. The van der Waals surface area contributed by atoms with Gasteiger partial charge in [-0.15, -0.1) is 0 Å². The van der Waals surface area contributed by atoms with Crippen LogP contribution in [0.1, 0.15) is 31.9 Å². The summed E-state index contributed by atoms with van der Waals surface area (Å²) in [5.41, 5.74) is 2.77. The summed E-state index contributed by atoms with van der Waals surface area (Å²) in [6.45, 7) is 8.95. The van der Waals surface area contributed by atoms with E-state index in [-0.39, 0.29) is 0 Å². The Morgan fingerprint density at radius 2 is 1.10 bits per heavy atom. The molecule has 0 amide bonds. The number of hydrogen-bond donors (Lipinski definition) is 0. The number of nitrogens with zero attached hydrogens (tertiary/aromatic N) is 1. The van der Waals surface area contributed by atoms with Crippen LogP contribution in [-0.2, 0) is 13.1 Å². The molecule has 0 heterocycles. The summed E-state index contributed by atoms with van der Waals surface area (Å²) in [6, 6.07) is 22.1. The van der Waals surface area contributed by atoms with Crippen LogP contribution in [-0.4, -0.2) is 10.9 Å². The molecule has 106 valence electrons. The fourth-order valence-electron chi connectivity index (χ4n) is 2.40. The van der Waals surface area contributed by atoms with Crippen molar-refractivity contribution >= 4 is 0 Å². The maximum Gasteiger partial charge on any atom is 0.0240 e. The van der Waals surface area contributed by atoms with E-state index in [0.29, 0.717) is 12.0 Å². The lowest BCUT2D eigenvalue weighted by atomic mass is 10.0. The van der Waals surface area contributed by atoms with Crippen LogP contribution in [0.4, 0.5) is 0 Å². The topological polar surface area (TPSA) is 3.24 Å². The Morgan fingerprint density at radius 3 is 1.45 bits per heavy atom. The number of benzene rings is 2. The molecule has 2 aromatic rings. The van der Waals surface area contributed by atoms with Gasteiger partial charge in [0.15, 0.2) is 0 Å². The predicted octanol–water partition coefficient (Wildman–Crippen LogP) is 4.73. The summed E-state index contributed by atoms with van der Waals surface area (Å²) >= 11 is 0. The van der Waals surface area contributed by atoms with Crippen LogP contribution >= 0.6 is 0 Å². The van der Waals surface area contributed by atoms with Crippen LogP contribution < -0.4 is 0 Å². The predicted molar refractivity (Wildman–Crippen MR) is 86.4 cm³/mol. The van der Waals surface area contributed by atoms with Gasteiger partial charge >= 0.3 is 0 Å². The van der Waals surface area contributed by atoms with E-state index >= 15 is 0 Å². The summed E-state index contributed by atoms with van der Waals surface area (Å²) in [5, 5.41) is 0.